The second-order valence-corrected chi connectivity index (χ2v) is 9.39. The fourth-order valence-electron chi connectivity index (χ4n) is 3.28. The highest BCUT2D eigenvalue weighted by Crippen LogP contribution is 2.45. The number of hydrogen-bond donors (Lipinski definition) is 0. The van der Waals surface area contributed by atoms with Crippen LogP contribution in [0.25, 0.3) is 11.3 Å². The Morgan fingerprint density at radius 1 is 1.13 bits per heavy atom. The molecule has 3 aromatic rings. The Labute approximate surface area is 194 Å². The van der Waals surface area contributed by atoms with E-state index in [0.29, 0.717) is 43.5 Å². The van der Waals surface area contributed by atoms with Gasteiger partial charge in [0.15, 0.2) is 5.17 Å². The Hall–Kier alpha value is -2.54. The molecule has 0 spiro atoms. The fourth-order valence-corrected chi connectivity index (χ4v) is 4.79. The van der Waals surface area contributed by atoms with Crippen LogP contribution in [-0.2, 0) is 0 Å². The van der Waals surface area contributed by atoms with Gasteiger partial charge in [0, 0.05) is 10.5 Å². The van der Waals surface area contributed by atoms with E-state index in [1.54, 1.807) is 36.1 Å². The molecule has 1 amide bonds. The molecule has 2 aromatic carbocycles. The Balaban J connectivity index is 1.85. The van der Waals surface area contributed by atoms with Crippen LogP contribution >= 0.6 is 35.0 Å². The van der Waals surface area contributed by atoms with E-state index >= 15 is 0 Å². The number of aliphatic imine (C=N–C) groups is 1. The summed E-state index contributed by atoms with van der Waals surface area (Å²) < 4.78 is 5.41. The maximum absolute atomic E-state index is 13.9. The number of nitrogens with zero attached hydrogens (tertiary/aromatic N) is 3. The van der Waals surface area contributed by atoms with Gasteiger partial charge in [-0.1, -0.05) is 77.0 Å². The standard InChI is InChI=1S/C23H19Cl2N3O2S/c1-13-19(20(27-30-13)15-9-5-6-10-16(15)24)21(29)28-22(31-14(2)23(28,3)4)26-18-12-8-7-11-17(18)25/h5-12H,2H2,1,3-4H3. The highest BCUT2D eigenvalue weighted by molar-refractivity contribution is 8.17. The minimum atomic E-state index is -0.691. The lowest BCUT2D eigenvalue weighted by Crippen LogP contribution is -2.46. The van der Waals surface area contributed by atoms with Crippen molar-refractivity contribution in [1.29, 1.82) is 0 Å². The van der Waals surface area contributed by atoms with Gasteiger partial charge in [-0.05, 0) is 39.0 Å². The second-order valence-electron chi connectivity index (χ2n) is 7.51. The normalized spacial score (nSPS) is 16.9. The van der Waals surface area contributed by atoms with Crippen LogP contribution in [0.2, 0.25) is 10.0 Å². The monoisotopic (exact) mass is 471 g/mol. The van der Waals surface area contributed by atoms with E-state index in [0.717, 1.165) is 4.91 Å². The molecule has 0 aliphatic carbocycles. The second kappa shape index (κ2) is 8.19. The molecule has 0 unspecified atom stereocenters. The molecule has 0 atom stereocenters. The van der Waals surface area contributed by atoms with Crippen LogP contribution in [0, 0.1) is 6.92 Å². The third kappa shape index (κ3) is 3.80. The van der Waals surface area contributed by atoms with Crippen LogP contribution in [0.3, 0.4) is 0 Å². The van der Waals surface area contributed by atoms with E-state index in [-0.39, 0.29) is 5.91 Å². The van der Waals surface area contributed by atoms with Gasteiger partial charge in [0.25, 0.3) is 5.91 Å². The zero-order chi connectivity index (χ0) is 22.3. The van der Waals surface area contributed by atoms with Crippen molar-refractivity contribution >= 4 is 51.7 Å². The van der Waals surface area contributed by atoms with Gasteiger partial charge in [-0.15, -0.1) is 0 Å². The SMILES string of the molecule is C=C1SC(=Nc2ccccc2Cl)N(C(=O)c2c(-c3ccccc3Cl)noc2C)C1(C)C. The Morgan fingerprint density at radius 3 is 2.45 bits per heavy atom. The van der Waals surface area contributed by atoms with Gasteiger partial charge >= 0.3 is 0 Å². The van der Waals surface area contributed by atoms with Crippen molar-refractivity contribution in [2.75, 3.05) is 0 Å². The zero-order valence-electron chi connectivity index (χ0n) is 17.1. The molecule has 1 aliphatic heterocycles. The number of amidine groups is 1. The molecular formula is C23H19Cl2N3O2S. The number of rotatable bonds is 3. The minimum Gasteiger partial charge on any atom is -0.360 e. The Morgan fingerprint density at radius 2 is 1.77 bits per heavy atom. The van der Waals surface area contributed by atoms with Crippen molar-refractivity contribution in [3.05, 3.63) is 81.4 Å². The molecule has 31 heavy (non-hydrogen) atoms. The van der Waals surface area contributed by atoms with E-state index in [1.165, 1.54) is 11.8 Å². The maximum Gasteiger partial charge on any atom is 0.266 e. The summed E-state index contributed by atoms with van der Waals surface area (Å²) in [7, 11) is 0. The van der Waals surface area contributed by atoms with Gasteiger partial charge < -0.3 is 4.52 Å². The third-order valence-corrected chi connectivity index (χ3v) is 6.98. The van der Waals surface area contributed by atoms with Gasteiger partial charge in [-0.3, -0.25) is 9.69 Å². The predicted octanol–water partition coefficient (Wildman–Crippen LogP) is 7.13. The number of carbonyl (C=O) groups is 1. The fraction of sp³-hybridized carbons (Fsp3) is 0.174. The topological polar surface area (TPSA) is 58.7 Å². The molecule has 4 rings (SSSR count). The highest BCUT2D eigenvalue weighted by atomic mass is 35.5. The van der Waals surface area contributed by atoms with Gasteiger partial charge in [-0.25, -0.2) is 4.99 Å². The van der Waals surface area contributed by atoms with Crippen molar-refractivity contribution < 1.29 is 9.32 Å². The molecule has 0 N–H and O–H groups in total. The smallest absolute Gasteiger partial charge is 0.266 e. The molecule has 5 nitrogen and oxygen atoms in total. The largest absolute Gasteiger partial charge is 0.360 e. The lowest BCUT2D eigenvalue weighted by atomic mass is 10.00. The molecule has 1 saturated heterocycles. The van der Waals surface area contributed by atoms with Crippen LogP contribution in [0.4, 0.5) is 5.69 Å². The van der Waals surface area contributed by atoms with Crippen LogP contribution in [0.1, 0.15) is 30.0 Å². The summed E-state index contributed by atoms with van der Waals surface area (Å²) in [5.74, 6) is 0.103. The molecular weight excluding hydrogens is 453 g/mol. The van der Waals surface area contributed by atoms with Crippen LogP contribution in [0.15, 0.2) is 69.5 Å². The van der Waals surface area contributed by atoms with Gasteiger partial charge in [0.2, 0.25) is 0 Å². The molecule has 0 bridgehead atoms. The van der Waals surface area contributed by atoms with Crippen LogP contribution in [0.5, 0.6) is 0 Å². The summed E-state index contributed by atoms with van der Waals surface area (Å²) in [5.41, 5.74) is 1.23. The van der Waals surface area contributed by atoms with Crippen LogP contribution in [-0.4, -0.2) is 26.7 Å². The molecule has 1 fully saturated rings. The van der Waals surface area contributed by atoms with E-state index < -0.39 is 5.54 Å². The molecule has 0 radical (unpaired) electrons. The van der Waals surface area contributed by atoms with E-state index in [9.17, 15) is 4.79 Å². The van der Waals surface area contributed by atoms with Crippen molar-refractivity contribution in [2.24, 2.45) is 4.99 Å². The van der Waals surface area contributed by atoms with Crippen LogP contribution < -0.4 is 0 Å². The minimum absolute atomic E-state index is 0.296. The molecule has 2 heterocycles. The summed E-state index contributed by atoms with van der Waals surface area (Å²) in [5, 5.41) is 5.59. The number of aromatic nitrogens is 1. The number of para-hydroxylation sites is 1. The summed E-state index contributed by atoms with van der Waals surface area (Å²) in [6, 6.07) is 14.4. The Bertz CT molecular complexity index is 1230. The average Bonchev–Trinajstić information content (AvgIpc) is 3.20. The highest BCUT2D eigenvalue weighted by Gasteiger charge is 2.46. The quantitative estimate of drug-likeness (QED) is 0.407. The zero-order valence-corrected chi connectivity index (χ0v) is 19.5. The molecule has 1 aliphatic rings. The summed E-state index contributed by atoms with van der Waals surface area (Å²) >= 11 is 14.0. The first-order chi connectivity index (χ1) is 14.7. The van der Waals surface area contributed by atoms with Gasteiger partial charge in [0.1, 0.15) is 17.0 Å². The summed E-state index contributed by atoms with van der Waals surface area (Å²) in [6.07, 6.45) is 0. The van der Waals surface area contributed by atoms with E-state index in [2.05, 4.69) is 16.7 Å². The number of thioether (sulfide) groups is 1. The molecule has 158 valence electrons. The lowest BCUT2D eigenvalue weighted by Gasteiger charge is -2.31. The molecule has 8 heteroatoms. The molecule has 0 saturated carbocycles. The number of halogens is 2. The first-order valence-corrected chi connectivity index (χ1v) is 11.0. The third-order valence-electron chi connectivity index (χ3n) is 5.12. The first-order valence-electron chi connectivity index (χ1n) is 9.48. The molecule has 1 aromatic heterocycles. The summed E-state index contributed by atoms with van der Waals surface area (Å²) in [6.45, 7) is 9.70. The lowest BCUT2D eigenvalue weighted by molar-refractivity contribution is 0.0780. The maximum atomic E-state index is 13.9. The number of amides is 1. The Kier molecular flexibility index (Phi) is 5.73. The first kappa shape index (κ1) is 21.7. The van der Waals surface area contributed by atoms with Crippen molar-refractivity contribution in [1.82, 2.24) is 10.1 Å². The van der Waals surface area contributed by atoms with E-state index in [1.807, 2.05) is 38.1 Å². The van der Waals surface area contributed by atoms with Crippen molar-refractivity contribution in [3.63, 3.8) is 0 Å². The van der Waals surface area contributed by atoms with Crippen molar-refractivity contribution in [2.45, 2.75) is 26.3 Å². The summed E-state index contributed by atoms with van der Waals surface area (Å²) in [4.78, 5) is 21.0. The number of aryl methyl sites for hydroxylation is 1. The van der Waals surface area contributed by atoms with Crippen molar-refractivity contribution in [3.8, 4) is 11.3 Å². The van der Waals surface area contributed by atoms with Gasteiger partial charge in [-0.2, -0.15) is 0 Å². The van der Waals surface area contributed by atoms with E-state index in [4.69, 9.17) is 27.7 Å². The number of hydrogen-bond acceptors (Lipinski definition) is 5. The number of carbonyl (C=O) groups excluding carboxylic acids is 1. The number of benzene rings is 2. The van der Waals surface area contributed by atoms with Gasteiger partial charge in [0.05, 0.1) is 21.3 Å². The predicted molar refractivity (Wildman–Crippen MR) is 127 cm³/mol. The average molecular weight is 472 g/mol.